The smallest absolute Gasteiger partial charge is 0.323 e. The van der Waals surface area contributed by atoms with Crippen molar-refractivity contribution in [1.82, 2.24) is 5.32 Å². The molecule has 1 aliphatic heterocycles. The zero-order valence-corrected chi connectivity index (χ0v) is 8.96. The lowest BCUT2D eigenvalue weighted by atomic mass is 10.2. The van der Waals surface area contributed by atoms with E-state index in [9.17, 15) is 4.79 Å². The molecule has 4 heteroatoms. The summed E-state index contributed by atoms with van der Waals surface area (Å²) in [6.07, 6.45) is 0.739. The number of hydrogen-bond donors (Lipinski definition) is 1. The normalized spacial score (nSPS) is 20.3. The van der Waals surface area contributed by atoms with E-state index in [0.29, 0.717) is 13.2 Å². The highest BCUT2D eigenvalue weighted by Crippen LogP contribution is 2.15. The molecule has 0 radical (unpaired) electrons. The summed E-state index contributed by atoms with van der Waals surface area (Å²) in [6.45, 7) is 1.11. The Morgan fingerprint density at radius 2 is 2.27 bits per heavy atom. The van der Waals surface area contributed by atoms with Gasteiger partial charge in [0.15, 0.2) is 0 Å². The highest BCUT2D eigenvalue weighted by atomic mass is 35.5. The molecule has 0 aliphatic carbocycles. The Labute approximate surface area is 93.4 Å². The van der Waals surface area contributed by atoms with Crippen LogP contribution in [0.3, 0.4) is 0 Å². The predicted octanol–water partition coefficient (Wildman–Crippen LogP) is 1.75. The number of carbonyl (C=O) groups is 1. The molecule has 3 nitrogen and oxygen atoms in total. The fraction of sp³-hybridized carbons (Fsp3) is 0.364. The van der Waals surface area contributed by atoms with Crippen LogP contribution in [0.15, 0.2) is 24.3 Å². The van der Waals surface area contributed by atoms with Crippen LogP contribution in [0.5, 0.6) is 0 Å². The highest BCUT2D eigenvalue weighted by Gasteiger charge is 2.25. The van der Waals surface area contributed by atoms with Crippen LogP contribution in [-0.2, 0) is 16.1 Å². The number of esters is 1. The van der Waals surface area contributed by atoms with Crippen molar-refractivity contribution in [3.05, 3.63) is 34.9 Å². The SMILES string of the molecule is O=C1OCCC1NCc1ccccc1Cl. The average molecular weight is 226 g/mol. The fourth-order valence-corrected chi connectivity index (χ4v) is 1.76. The zero-order valence-electron chi connectivity index (χ0n) is 8.20. The van der Waals surface area contributed by atoms with E-state index >= 15 is 0 Å². The molecule has 0 bridgehead atoms. The van der Waals surface area contributed by atoms with Crippen molar-refractivity contribution in [3.8, 4) is 0 Å². The summed E-state index contributed by atoms with van der Waals surface area (Å²) in [5.41, 5.74) is 0.999. The molecule has 0 amide bonds. The minimum atomic E-state index is -0.179. The molecule has 1 aliphatic rings. The third-order valence-electron chi connectivity index (χ3n) is 2.43. The second-order valence-electron chi connectivity index (χ2n) is 3.48. The maximum Gasteiger partial charge on any atom is 0.323 e. The molecule has 1 aromatic rings. The summed E-state index contributed by atoms with van der Waals surface area (Å²) in [5, 5.41) is 3.85. The lowest BCUT2D eigenvalue weighted by Crippen LogP contribution is -2.32. The number of carbonyl (C=O) groups excluding carboxylic acids is 1. The van der Waals surface area contributed by atoms with Gasteiger partial charge in [-0.25, -0.2) is 0 Å². The van der Waals surface area contributed by atoms with Crippen LogP contribution >= 0.6 is 11.6 Å². The van der Waals surface area contributed by atoms with Gasteiger partial charge in [0.25, 0.3) is 0 Å². The summed E-state index contributed by atoms with van der Waals surface area (Å²) in [4.78, 5) is 11.2. The molecule has 1 saturated heterocycles. The van der Waals surface area contributed by atoms with Gasteiger partial charge in [-0.15, -0.1) is 0 Å². The zero-order chi connectivity index (χ0) is 10.7. The molecule has 1 unspecified atom stereocenters. The van der Waals surface area contributed by atoms with Gasteiger partial charge in [-0.1, -0.05) is 29.8 Å². The number of halogens is 1. The van der Waals surface area contributed by atoms with Gasteiger partial charge in [0.1, 0.15) is 6.04 Å². The van der Waals surface area contributed by atoms with Crippen LogP contribution < -0.4 is 5.32 Å². The standard InChI is InChI=1S/C11H12ClNO2/c12-9-4-2-1-3-8(9)7-13-10-5-6-15-11(10)14/h1-4,10,13H,5-7H2. The summed E-state index contributed by atoms with van der Waals surface area (Å²) >= 11 is 5.99. The molecule has 0 spiro atoms. The molecule has 1 aromatic carbocycles. The predicted molar refractivity (Wildman–Crippen MR) is 57.7 cm³/mol. The first-order valence-electron chi connectivity index (χ1n) is 4.91. The van der Waals surface area contributed by atoms with E-state index < -0.39 is 0 Å². The van der Waals surface area contributed by atoms with Gasteiger partial charge < -0.3 is 10.1 Å². The van der Waals surface area contributed by atoms with Crippen molar-refractivity contribution in [2.45, 2.75) is 19.0 Å². The number of cyclic esters (lactones) is 1. The van der Waals surface area contributed by atoms with Gasteiger partial charge in [-0.2, -0.15) is 0 Å². The molecular formula is C11H12ClNO2. The first kappa shape index (κ1) is 10.5. The Morgan fingerprint density at radius 1 is 1.47 bits per heavy atom. The molecule has 80 valence electrons. The Hall–Kier alpha value is -1.06. The monoisotopic (exact) mass is 225 g/mol. The second kappa shape index (κ2) is 4.64. The lowest BCUT2D eigenvalue weighted by Gasteiger charge is -2.09. The molecule has 1 heterocycles. The third-order valence-corrected chi connectivity index (χ3v) is 2.80. The Balaban J connectivity index is 1.93. The van der Waals surface area contributed by atoms with Crippen molar-refractivity contribution >= 4 is 17.6 Å². The molecule has 2 rings (SSSR count). The molecule has 0 saturated carbocycles. The van der Waals surface area contributed by atoms with Crippen LogP contribution in [-0.4, -0.2) is 18.6 Å². The van der Waals surface area contributed by atoms with Gasteiger partial charge >= 0.3 is 5.97 Å². The summed E-state index contributed by atoms with van der Waals surface area (Å²) in [7, 11) is 0. The second-order valence-corrected chi connectivity index (χ2v) is 3.89. The maximum absolute atomic E-state index is 11.2. The van der Waals surface area contributed by atoms with Crippen LogP contribution in [0, 0.1) is 0 Å². The number of benzene rings is 1. The van der Waals surface area contributed by atoms with Crippen molar-refractivity contribution in [3.63, 3.8) is 0 Å². The van der Waals surface area contributed by atoms with E-state index in [1.807, 2.05) is 24.3 Å². The number of nitrogens with one attached hydrogen (secondary N) is 1. The lowest BCUT2D eigenvalue weighted by molar-refractivity contribution is -0.139. The van der Waals surface area contributed by atoms with Crippen molar-refractivity contribution in [1.29, 1.82) is 0 Å². The fourth-order valence-electron chi connectivity index (χ4n) is 1.56. The summed E-state index contributed by atoms with van der Waals surface area (Å²) in [6, 6.07) is 7.41. The summed E-state index contributed by atoms with van der Waals surface area (Å²) in [5.74, 6) is -0.165. The van der Waals surface area contributed by atoms with Gasteiger partial charge in [0.05, 0.1) is 6.61 Å². The summed E-state index contributed by atoms with van der Waals surface area (Å²) < 4.78 is 4.85. The molecule has 15 heavy (non-hydrogen) atoms. The van der Waals surface area contributed by atoms with Crippen LogP contribution in [0.2, 0.25) is 5.02 Å². The van der Waals surface area contributed by atoms with Crippen LogP contribution in [0.1, 0.15) is 12.0 Å². The molecule has 1 fully saturated rings. The van der Waals surface area contributed by atoms with Crippen LogP contribution in [0.4, 0.5) is 0 Å². The van der Waals surface area contributed by atoms with E-state index in [4.69, 9.17) is 16.3 Å². The molecule has 1 N–H and O–H groups in total. The van der Waals surface area contributed by atoms with E-state index in [1.54, 1.807) is 0 Å². The van der Waals surface area contributed by atoms with Crippen molar-refractivity contribution < 1.29 is 9.53 Å². The number of rotatable bonds is 3. The first-order chi connectivity index (χ1) is 7.27. The Kier molecular flexibility index (Phi) is 3.23. The highest BCUT2D eigenvalue weighted by molar-refractivity contribution is 6.31. The third kappa shape index (κ3) is 2.49. The van der Waals surface area contributed by atoms with Gasteiger partial charge in [0.2, 0.25) is 0 Å². The average Bonchev–Trinajstić information content (AvgIpc) is 2.63. The van der Waals surface area contributed by atoms with Crippen molar-refractivity contribution in [2.24, 2.45) is 0 Å². The molecular weight excluding hydrogens is 214 g/mol. The van der Waals surface area contributed by atoms with Gasteiger partial charge in [-0.05, 0) is 11.6 Å². The van der Waals surface area contributed by atoms with E-state index in [1.165, 1.54) is 0 Å². The van der Waals surface area contributed by atoms with Gasteiger partial charge in [-0.3, -0.25) is 4.79 Å². The van der Waals surface area contributed by atoms with E-state index in [0.717, 1.165) is 17.0 Å². The van der Waals surface area contributed by atoms with Crippen molar-refractivity contribution in [2.75, 3.05) is 6.61 Å². The maximum atomic E-state index is 11.2. The Morgan fingerprint density at radius 3 is 2.93 bits per heavy atom. The molecule has 1 atom stereocenters. The minimum absolute atomic E-state index is 0.165. The van der Waals surface area contributed by atoms with Gasteiger partial charge in [0, 0.05) is 18.0 Å². The Bertz CT molecular complexity index is 367. The molecule has 0 aromatic heterocycles. The van der Waals surface area contributed by atoms with E-state index in [2.05, 4.69) is 5.32 Å². The minimum Gasteiger partial charge on any atom is -0.464 e. The van der Waals surface area contributed by atoms with E-state index in [-0.39, 0.29) is 12.0 Å². The topological polar surface area (TPSA) is 38.3 Å². The number of hydrogen-bond acceptors (Lipinski definition) is 3. The van der Waals surface area contributed by atoms with Crippen LogP contribution in [0.25, 0.3) is 0 Å². The number of ether oxygens (including phenoxy) is 1. The quantitative estimate of drug-likeness (QED) is 0.797. The largest absolute Gasteiger partial charge is 0.464 e. The first-order valence-corrected chi connectivity index (χ1v) is 5.28.